The fourth-order valence-corrected chi connectivity index (χ4v) is 4.78. The number of aromatic nitrogens is 3. The van der Waals surface area contributed by atoms with Crippen molar-refractivity contribution in [1.29, 1.82) is 5.26 Å². The summed E-state index contributed by atoms with van der Waals surface area (Å²) in [5.41, 5.74) is 2.13. The molecule has 2 aromatic carbocycles. The number of thiazole rings is 1. The first-order chi connectivity index (χ1) is 18.8. The minimum atomic E-state index is -4.81. The molecule has 0 atom stereocenters. The number of rotatable bonds is 7. The standard InChI is InChI=1S/C27H15F4N5OS2/c28-22-9-16(3-5-21(22)27(29,30)31)23-10-20(17-2-1-7-33-12-17)25(13-34-23)37-24-6-4-19(8-18(24)11-32)39-36-26-14-38-15-35-26/h1-10,12-15,36H. The topological polar surface area (TPSA) is 83.7 Å². The molecular weight excluding hydrogens is 550 g/mol. The lowest BCUT2D eigenvalue weighted by atomic mass is 10.0. The van der Waals surface area contributed by atoms with Crippen molar-refractivity contribution in [3.8, 4) is 40.0 Å². The third-order valence-corrected chi connectivity index (χ3v) is 6.79. The molecule has 0 unspecified atom stereocenters. The predicted molar refractivity (Wildman–Crippen MR) is 141 cm³/mol. The van der Waals surface area contributed by atoms with Crippen LogP contribution in [0.25, 0.3) is 22.4 Å². The van der Waals surface area contributed by atoms with Crippen LogP contribution in [-0.4, -0.2) is 15.0 Å². The molecule has 0 radical (unpaired) electrons. The second-order valence-electron chi connectivity index (χ2n) is 7.95. The minimum Gasteiger partial charge on any atom is -0.454 e. The summed E-state index contributed by atoms with van der Waals surface area (Å²) in [6.07, 6.45) is -0.269. The number of ether oxygens (including phenoxy) is 1. The number of nitriles is 1. The largest absolute Gasteiger partial charge is 0.454 e. The zero-order chi connectivity index (χ0) is 27.4. The molecule has 194 valence electrons. The van der Waals surface area contributed by atoms with Crippen LogP contribution in [0.15, 0.2) is 89.0 Å². The van der Waals surface area contributed by atoms with Gasteiger partial charge in [-0.05, 0) is 54.4 Å². The zero-order valence-electron chi connectivity index (χ0n) is 19.6. The third-order valence-electron chi connectivity index (χ3n) is 5.41. The van der Waals surface area contributed by atoms with Gasteiger partial charge in [-0.15, -0.1) is 11.3 Å². The second-order valence-corrected chi connectivity index (χ2v) is 9.55. The van der Waals surface area contributed by atoms with Gasteiger partial charge in [0.15, 0.2) is 5.75 Å². The lowest BCUT2D eigenvalue weighted by Crippen LogP contribution is -2.08. The van der Waals surface area contributed by atoms with E-state index < -0.39 is 17.6 Å². The smallest absolute Gasteiger partial charge is 0.419 e. The van der Waals surface area contributed by atoms with Crippen molar-refractivity contribution in [3.63, 3.8) is 0 Å². The van der Waals surface area contributed by atoms with Gasteiger partial charge in [0.1, 0.15) is 23.5 Å². The molecule has 5 rings (SSSR count). The molecule has 0 fully saturated rings. The first kappa shape index (κ1) is 26.1. The summed E-state index contributed by atoms with van der Waals surface area (Å²) >= 11 is 2.75. The van der Waals surface area contributed by atoms with Gasteiger partial charge in [0.2, 0.25) is 0 Å². The average molecular weight is 566 g/mol. The summed E-state index contributed by atoms with van der Waals surface area (Å²) in [5, 5.41) is 11.6. The molecule has 0 spiro atoms. The van der Waals surface area contributed by atoms with Crippen LogP contribution in [-0.2, 0) is 6.18 Å². The molecule has 0 aliphatic rings. The van der Waals surface area contributed by atoms with E-state index in [0.717, 1.165) is 17.0 Å². The minimum absolute atomic E-state index is 0.156. The van der Waals surface area contributed by atoms with Crippen molar-refractivity contribution in [3.05, 3.63) is 101 Å². The van der Waals surface area contributed by atoms with Crippen LogP contribution in [0.1, 0.15) is 11.1 Å². The highest BCUT2D eigenvalue weighted by Gasteiger charge is 2.34. The number of nitrogens with zero attached hydrogens (tertiary/aromatic N) is 4. The summed E-state index contributed by atoms with van der Waals surface area (Å²) in [5.74, 6) is -0.151. The maximum Gasteiger partial charge on any atom is 0.419 e. The van der Waals surface area contributed by atoms with Gasteiger partial charge in [0.05, 0.1) is 28.5 Å². The van der Waals surface area contributed by atoms with Crippen molar-refractivity contribution in [2.45, 2.75) is 11.1 Å². The number of halogens is 4. The van der Waals surface area contributed by atoms with E-state index in [4.69, 9.17) is 4.74 Å². The Balaban J connectivity index is 1.48. The van der Waals surface area contributed by atoms with Crippen LogP contribution >= 0.6 is 23.3 Å². The van der Waals surface area contributed by atoms with Gasteiger partial charge in [0, 0.05) is 39.4 Å². The summed E-state index contributed by atoms with van der Waals surface area (Å²) in [6.45, 7) is 0. The summed E-state index contributed by atoms with van der Waals surface area (Å²) in [7, 11) is 0. The molecule has 1 N–H and O–H groups in total. The van der Waals surface area contributed by atoms with Gasteiger partial charge < -0.3 is 9.46 Å². The molecule has 0 bridgehead atoms. The zero-order valence-corrected chi connectivity index (χ0v) is 21.2. The summed E-state index contributed by atoms with van der Waals surface area (Å²) < 4.78 is 62.5. The highest BCUT2D eigenvalue weighted by Crippen LogP contribution is 2.38. The maximum atomic E-state index is 14.3. The summed E-state index contributed by atoms with van der Waals surface area (Å²) in [6, 6.07) is 14.9. The molecule has 39 heavy (non-hydrogen) atoms. The molecular formula is C27H15F4N5OS2. The maximum absolute atomic E-state index is 14.3. The quantitative estimate of drug-likeness (QED) is 0.157. The SMILES string of the molecule is N#Cc1cc(SNc2cscn2)ccc1Oc1cnc(-c2ccc(C(F)(F)F)c(F)c2)cc1-c1cccnc1. The molecule has 0 aliphatic carbocycles. The molecule has 6 nitrogen and oxygen atoms in total. The Kier molecular flexibility index (Phi) is 7.44. The molecule has 3 heterocycles. The molecule has 3 aromatic heterocycles. The average Bonchev–Trinajstić information content (AvgIpc) is 3.46. The predicted octanol–water partition coefficient (Wildman–Crippen LogP) is 8.21. The molecule has 12 heteroatoms. The molecule has 0 saturated heterocycles. The third kappa shape index (κ3) is 6.00. The van der Waals surface area contributed by atoms with Gasteiger partial charge in [-0.1, -0.05) is 12.1 Å². The second kappa shape index (κ2) is 11.1. The number of nitrogens with one attached hydrogen (secondary N) is 1. The molecule has 0 saturated carbocycles. The number of anilines is 1. The van der Waals surface area contributed by atoms with Crippen LogP contribution in [0.3, 0.4) is 0 Å². The van der Waals surface area contributed by atoms with Crippen LogP contribution < -0.4 is 9.46 Å². The lowest BCUT2D eigenvalue weighted by molar-refractivity contribution is -0.139. The number of alkyl halides is 3. The van der Waals surface area contributed by atoms with Crippen LogP contribution in [0, 0.1) is 17.1 Å². The van der Waals surface area contributed by atoms with Crippen molar-refractivity contribution < 1.29 is 22.3 Å². The van der Waals surface area contributed by atoms with E-state index in [-0.39, 0.29) is 28.3 Å². The van der Waals surface area contributed by atoms with Gasteiger partial charge in [-0.25, -0.2) is 9.37 Å². The van der Waals surface area contributed by atoms with E-state index >= 15 is 0 Å². The van der Waals surface area contributed by atoms with Crippen molar-refractivity contribution in [1.82, 2.24) is 15.0 Å². The Bertz CT molecular complexity index is 1660. The number of hydrogen-bond acceptors (Lipinski definition) is 8. The first-order valence-electron chi connectivity index (χ1n) is 11.1. The number of pyridine rings is 2. The van der Waals surface area contributed by atoms with E-state index in [1.807, 2.05) is 5.38 Å². The Morgan fingerprint density at radius 1 is 0.974 bits per heavy atom. The summed E-state index contributed by atoms with van der Waals surface area (Å²) in [4.78, 5) is 13.3. The highest BCUT2D eigenvalue weighted by molar-refractivity contribution is 8.00. The first-order valence-corrected chi connectivity index (χ1v) is 12.9. The normalized spacial score (nSPS) is 11.2. The fourth-order valence-electron chi connectivity index (χ4n) is 3.58. The van der Waals surface area contributed by atoms with Gasteiger partial charge in [0.25, 0.3) is 0 Å². The van der Waals surface area contributed by atoms with E-state index in [2.05, 4.69) is 25.7 Å². The molecule has 5 aromatic rings. The number of benzene rings is 2. The van der Waals surface area contributed by atoms with Crippen LogP contribution in [0.5, 0.6) is 11.5 Å². The Morgan fingerprint density at radius 3 is 2.54 bits per heavy atom. The fraction of sp³-hybridized carbons (Fsp3) is 0.0370. The molecule has 0 aliphatic heterocycles. The highest BCUT2D eigenvalue weighted by atomic mass is 32.2. The van der Waals surface area contributed by atoms with E-state index in [1.165, 1.54) is 29.5 Å². The van der Waals surface area contributed by atoms with Gasteiger partial charge in [-0.3, -0.25) is 9.97 Å². The van der Waals surface area contributed by atoms with Gasteiger partial charge in [-0.2, -0.15) is 18.4 Å². The molecule has 0 amide bonds. The Labute approximate surface area is 228 Å². The van der Waals surface area contributed by atoms with Crippen LogP contribution in [0.2, 0.25) is 0 Å². The van der Waals surface area contributed by atoms with Crippen molar-refractivity contribution in [2.24, 2.45) is 0 Å². The van der Waals surface area contributed by atoms with E-state index in [0.29, 0.717) is 23.0 Å². The van der Waals surface area contributed by atoms with Crippen LogP contribution in [0.4, 0.5) is 23.4 Å². The van der Waals surface area contributed by atoms with Gasteiger partial charge >= 0.3 is 6.18 Å². The van der Waals surface area contributed by atoms with E-state index in [1.54, 1.807) is 54.3 Å². The lowest BCUT2D eigenvalue weighted by Gasteiger charge is -2.15. The van der Waals surface area contributed by atoms with Crippen molar-refractivity contribution in [2.75, 3.05) is 4.72 Å². The monoisotopic (exact) mass is 565 g/mol. The van der Waals surface area contributed by atoms with Crippen molar-refractivity contribution >= 4 is 29.1 Å². The van der Waals surface area contributed by atoms with E-state index in [9.17, 15) is 22.8 Å². The Hall–Kier alpha value is -4.47. The Morgan fingerprint density at radius 2 is 1.85 bits per heavy atom. The number of hydrogen-bond donors (Lipinski definition) is 1.